The van der Waals surface area contributed by atoms with Crippen molar-refractivity contribution in [1.82, 2.24) is 4.98 Å². The van der Waals surface area contributed by atoms with E-state index in [-0.39, 0.29) is 34.1 Å². The Kier molecular flexibility index (Phi) is 19.2. The molecule has 0 saturated carbocycles. The molecular weight excluding hydrogens is 555 g/mol. The normalized spacial score (nSPS) is 9.25. The summed E-state index contributed by atoms with van der Waals surface area (Å²) in [6.07, 6.45) is 2.42. The van der Waals surface area contributed by atoms with Crippen LogP contribution in [0.25, 0.3) is 22.6 Å². The Bertz CT molecular complexity index is 1190. The number of oxazole rings is 1. The van der Waals surface area contributed by atoms with Gasteiger partial charge in [0.2, 0.25) is 10.0 Å². The quantitative estimate of drug-likeness (QED) is 0.276. The van der Waals surface area contributed by atoms with Crippen LogP contribution in [0.1, 0.15) is 27.7 Å². The second-order valence-electron chi connectivity index (χ2n) is 6.08. The molecule has 3 aromatic rings. The molecule has 0 unspecified atom stereocenters. The Hall–Kier alpha value is -2.88. The average Bonchev–Trinajstić information content (AvgIpc) is 3.19. The molecule has 36 heavy (non-hydrogen) atoms. The summed E-state index contributed by atoms with van der Waals surface area (Å²) < 4.78 is 42.1. The number of aliphatic hydroxyl groups is 2. The largest absolute Gasteiger partial charge is 0.487 e. The molecular formula is C21H30ClFN4O6S3. The maximum absolute atomic E-state index is 13.3. The number of halogens is 2. The Morgan fingerprint density at radius 1 is 1.11 bits per heavy atom. The number of hydrogen-bond donors (Lipinski definition) is 5. The lowest BCUT2D eigenvalue weighted by atomic mass is 10.1. The summed E-state index contributed by atoms with van der Waals surface area (Å²) in [4.78, 5) is 3.98. The minimum atomic E-state index is -3.95. The minimum Gasteiger partial charge on any atom is -0.487 e. The molecule has 3 rings (SSSR count). The van der Waals surface area contributed by atoms with Crippen LogP contribution in [0.4, 0.5) is 4.39 Å². The Morgan fingerprint density at radius 3 is 2.03 bits per heavy atom. The van der Waals surface area contributed by atoms with Crippen molar-refractivity contribution in [2.45, 2.75) is 32.6 Å². The molecule has 10 nitrogen and oxygen atoms in total. The highest BCUT2D eigenvalue weighted by atomic mass is 35.5. The van der Waals surface area contributed by atoms with Crippen LogP contribution in [0.2, 0.25) is 5.02 Å². The number of sulfonamides is 1. The fourth-order valence-corrected chi connectivity index (χ4v) is 3.10. The van der Waals surface area contributed by atoms with Crippen molar-refractivity contribution in [2.75, 3.05) is 0 Å². The number of rotatable bonds is 3. The van der Waals surface area contributed by atoms with E-state index in [1.54, 1.807) is 18.2 Å². The molecule has 0 aliphatic heterocycles. The highest BCUT2D eigenvalue weighted by Gasteiger charge is 2.21. The van der Waals surface area contributed by atoms with Crippen molar-refractivity contribution in [2.24, 2.45) is 16.6 Å². The molecule has 10 N–H and O–H groups in total. The molecule has 1 heterocycles. The van der Waals surface area contributed by atoms with E-state index in [0.29, 0.717) is 11.3 Å². The molecule has 202 valence electrons. The number of thiocarbonyl (C=S) groups is 2. The Balaban J connectivity index is -0.000000716. The van der Waals surface area contributed by atoms with Crippen LogP contribution in [-0.4, -0.2) is 39.4 Å². The van der Waals surface area contributed by atoms with Crippen molar-refractivity contribution in [3.05, 3.63) is 59.7 Å². The first kappa shape index (κ1) is 37.7. The van der Waals surface area contributed by atoms with Gasteiger partial charge in [-0.05, 0) is 54.8 Å². The SMILES string of the molecule is C.CCC.NC(O)=S.NC(O)=S.NS(=O)(=O)c1ccccc1-c1ocnc1-c1ccc(F)c(Cl)c1.O. The Labute approximate surface area is 225 Å². The maximum atomic E-state index is 13.3. The van der Waals surface area contributed by atoms with Gasteiger partial charge in [-0.2, -0.15) is 0 Å². The number of nitrogens with two attached hydrogens (primary N) is 3. The lowest BCUT2D eigenvalue weighted by Gasteiger charge is -2.07. The topological polar surface area (TPSA) is 210 Å². The first-order chi connectivity index (χ1) is 15.8. The fourth-order valence-electron chi connectivity index (χ4n) is 2.19. The predicted molar refractivity (Wildman–Crippen MR) is 149 cm³/mol. The predicted octanol–water partition coefficient (Wildman–Crippen LogP) is 4.25. The van der Waals surface area contributed by atoms with Gasteiger partial charge < -0.3 is 31.6 Å². The highest BCUT2D eigenvalue weighted by molar-refractivity contribution is 7.89. The van der Waals surface area contributed by atoms with Crippen molar-refractivity contribution in [3.8, 4) is 22.6 Å². The lowest BCUT2D eigenvalue weighted by molar-refractivity contribution is 0.559. The molecule has 2 aromatic carbocycles. The van der Waals surface area contributed by atoms with E-state index in [2.05, 4.69) is 54.7 Å². The van der Waals surface area contributed by atoms with Gasteiger partial charge >= 0.3 is 0 Å². The smallest absolute Gasteiger partial charge is 0.251 e. The molecule has 0 aliphatic carbocycles. The van der Waals surface area contributed by atoms with Crippen LogP contribution < -0.4 is 16.6 Å². The lowest BCUT2D eigenvalue weighted by Crippen LogP contribution is -2.13. The fraction of sp³-hybridized carbons (Fsp3) is 0.190. The monoisotopic (exact) mass is 584 g/mol. The molecule has 0 radical (unpaired) electrons. The van der Waals surface area contributed by atoms with Gasteiger partial charge in [0.1, 0.15) is 11.5 Å². The van der Waals surface area contributed by atoms with Gasteiger partial charge in [-0.25, -0.2) is 22.9 Å². The zero-order chi connectivity index (χ0) is 26.5. The number of aromatic nitrogens is 1. The molecule has 1 aromatic heterocycles. The first-order valence-electron chi connectivity index (χ1n) is 9.24. The van der Waals surface area contributed by atoms with Gasteiger partial charge in [0.25, 0.3) is 10.3 Å². The third kappa shape index (κ3) is 13.9. The van der Waals surface area contributed by atoms with E-state index in [4.69, 9.17) is 31.4 Å². The second-order valence-corrected chi connectivity index (χ2v) is 8.86. The number of aliphatic hydroxyl groups excluding tert-OH is 2. The molecule has 0 fully saturated rings. The molecule has 0 bridgehead atoms. The van der Waals surface area contributed by atoms with Crippen LogP contribution in [-0.2, 0) is 10.0 Å². The summed E-state index contributed by atoms with van der Waals surface area (Å²) in [5, 5.41) is 19.3. The third-order valence-electron chi connectivity index (χ3n) is 3.20. The zero-order valence-corrected chi connectivity index (χ0v) is 21.8. The second kappa shape index (κ2) is 18.4. The van der Waals surface area contributed by atoms with E-state index >= 15 is 0 Å². The Morgan fingerprint density at radius 2 is 1.58 bits per heavy atom. The number of primary sulfonamides is 1. The summed E-state index contributed by atoms with van der Waals surface area (Å²) in [5.41, 5.74) is 9.89. The molecule has 0 spiro atoms. The van der Waals surface area contributed by atoms with Gasteiger partial charge in [-0.15, -0.1) is 0 Å². The van der Waals surface area contributed by atoms with Crippen LogP contribution in [0.15, 0.2) is 58.2 Å². The third-order valence-corrected chi connectivity index (χ3v) is 4.46. The van der Waals surface area contributed by atoms with Gasteiger partial charge in [0.05, 0.1) is 9.92 Å². The summed E-state index contributed by atoms with van der Waals surface area (Å²) >= 11 is 13.5. The van der Waals surface area contributed by atoms with E-state index in [9.17, 15) is 12.8 Å². The van der Waals surface area contributed by atoms with Gasteiger partial charge in [0.15, 0.2) is 12.2 Å². The van der Waals surface area contributed by atoms with Gasteiger partial charge in [0, 0.05) is 11.1 Å². The number of benzene rings is 2. The van der Waals surface area contributed by atoms with Crippen LogP contribution >= 0.6 is 36.0 Å². The molecule has 0 atom stereocenters. The molecule has 0 saturated heterocycles. The standard InChI is InChI=1S/C15H10ClFN2O3S.C3H8.2CH3NOS.CH4.H2O/c16-11-7-9(5-6-12(11)17)14-15(22-8-19-14)10-3-1-2-4-13(10)23(18,20)21;1-3-2;2*2-1(3)4;;/h1-8H,(H2,18,20,21);3H2,1-2H3;2*(H3,2,3,4);1H4;1H2. The van der Waals surface area contributed by atoms with Crippen molar-refractivity contribution in [1.29, 1.82) is 0 Å². The highest BCUT2D eigenvalue weighted by Crippen LogP contribution is 2.35. The zero-order valence-electron chi connectivity index (χ0n) is 18.6. The average molecular weight is 585 g/mol. The molecule has 0 amide bonds. The summed E-state index contributed by atoms with van der Waals surface area (Å²) in [6, 6.07) is 10.2. The van der Waals surface area contributed by atoms with Crippen LogP contribution in [0.5, 0.6) is 0 Å². The van der Waals surface area contributed by atoms with E-state index in [1.807, 2.05) is 0 Å². The first-order valence-corrected chi connectivity index (χ1v) is 12.0. The van der Waals surface area contributed by atoms with Crippen LogP contribution in [0, 0.1) is 5.82 Å². The summed E-state index contributed by atoms with van der Waals surface area (Å²) in [5.74, 6) is -0.359. The van der Waals surface area contributed by atoms with Gasteiger partial charge in [-0.1, -0.05) is 51.4 Å². The van der Waals surface area contributed by atoms with E-state index in [0.717, 1.165) is 0 Å². The number of nitrogens with zero attached hydrogens (tertiary/aromatic N) is 1. The van der Waals surface area contributed by atoms with E-state index < -0.39 is 26.2 Å². The summed E-state index contributed by atoms with van der Waals surface area (Å²) in [6.45, 7) is 4.25. The van der Waals surface area contributed by atoms with Gasteiger partial charge in [-0.3, -0.25) is 0 Å². The van der Waals surface area contributed by atoms with E-state index in [1.165, 1.54) is 37.1 Å². The van der Waals surface area contributed by atoms with Crippen molar-refractivity contribution < 1.29 is 32.9 Å². The number of hydrogen-bond acceptors (Lipinski definition) is 6. The molecule has 15 heteroatoms. The van der Waals surface area contributed by atoms with Crippen molar-refractivity contribution >= 4 is 56.4 Å². The van der Waals surface area contributed by atoms with Crippen molar-refractivity contribution in [3.63, 3.8) is 0 Å². The summed E-state index contributed by atoms with van der Waals surface area (Å²) in [7, 11) is -3.95. The molecule has 0 aliphatic rings. The van der Waals surface area contributed by atoms with Crippen LogP contribution in [0.3, 0.4) is 0 Å². The maximum Gasteiger partial charge on any atom is 0.251 e. The minimum absolute atomic E-state index is 0.